The minimum Gasteiger partial charge on any atom is -0.389 e. The SMILES string of the molecule is CC(=O)N(C)C(C)[Si](O)(O)O. The number of amides is 1. The fraction of sp³-hybridized carbons (Fsp3) is 0.800. The Morgan fingerprint density at radius 2 is 1.82 bits per heavy atom. The number of nitrogens with zero attached hydrogens (tertiary/aromatic N) is 1. The quantitative estimate of drug-likeness (QED) is 0.442. The van der Waals surface area contributed by atoms with Gasteiger partial charge in [-0.3, -0.25) is 4.79 Å². The predicted molar refractivity (Wildman–Crippen MR) is 40.3 cm³/mol. The Labute approximate surface area is 66.3 Å². The molecule has 0 spiro atoms. The van der Waals surface area contributed by atoms with Gasteiger partial charge in [-0.25, -0.2) is 0 Å². The van der Waals surface area contributed by atoms with Gasteiger partial charge < -0.3 is 19.3 Å². The summed E-state index contributed by atoms with van der Waals surface area (Å²) >= 11 is 0. The second-order valence-electron chi connectivity index (χ2n) is 2.49. The van der Waals surface area contributed by atoms with Crippen LogP contribution in [0.25, 0.3) is 0 Å². The first kappa shape index (κ1) is 10.6. The maximum Gasteiger partial charge on any atom is 0.516 e. The molecule has 5 nitrogen and oxygen atoms in total. The van der Waals surface area contributed by atoms with Crippen LogP contribution in [0.4, 0.5) is 0 Å². The molecular formula is C5H13NO4Si. The molecule has 0 aliphatic carbocycles. The highest BCUT2D eigenvalue weighted by atomic mass is 28.4. The lowest BCUT2D eigenvalue weighted by Gasteiger charge is -2.27. The van der Waals surface area contributed by atoms with E-state index in [1.54, 1.807) is 0 Å². The van der Waals surface area contributed by atoms with Crippen LogP contribution in [0.1, 0.15) is 13.8 Å². The largest absolute Gasteiger partial charge is 0.516 e. The molecule has 1 atom stereocenters. The molecule has 0 saturated carbocycles. The van der Waals surface area contributed by atoms with E-state index in [1.807, 2.05) is 0 Å². The third kappa shape index (κ3) is 2.98. The zero-order chi connectivity index (χ0) is 9.23. The highest BCUT2D eigenvalue weighted by Crippen LogP contribution is 2.03. The van der Waals surface area contributed by atoms with Crippen LogP contribution in [-0.2, 0) is 4.79 Å². The summed E-state index contributed by atoms with van der Waals surface area (Å²) in [6, 6.07) is 0. The molecule has 1 unspecified atom stereocenters. The molecule has 66 valence electrons. The van der Waals surface area contributed by atoms with Crippen molar-refractivity contribution in [1.29, 1.82) is 0 Å². The maximum atomic E-state index is 10.6. The van der Waals surface area contributed by atoms with Gasteiger partial charge in [-0.15, -0.1) is 0 Å². The van der Waals surface area contributed by atoms with E-state index in [-0.39, 0.29) is 5.91 Å². The van der Waals surface area contributed by atoms with E-state index >= 15 is 0 Å². The van der Waals surface area contributed by atoms with Crippen LogP contribution >= 0.6 is 0 Å². The van der Waals surface area contributed by atoms with Crippen LogP contribution in [0.15, 0.2) is 0 Å². The molecule has 0 fully saturated rings. The van der Waals surface area contributed by atoms with E-state index in [0.29, 0.717) is 0 Å². The van der Waals surface area contributed by atoms with Gasteiger partial charge >= 0.3 is 8.80 Å². The summed E-state index contributed by atoms with van der Waals surface area (Å²) in [6.07, 6.45) is 0. The number of hydrogen-bond donors (Lipinski definition) is 3. The van der Waals surface area contributed by atoms with Gasteiger partial charge in [0.1, 0.15) is 0 Å². The highest BCUT2D eigenvalue weighted by molar-refractivity contribution is 6.58. The van der Waals surface area contributed by atoms with Crippen molar-refractivity contribution in [1.82, 2.24) is 4.90 Å². The van der Waals surface area contributed by atoms with Crippen molar-refractivity contribution in [2.24, 2.45) is 0 Å². The van der Waals surface area contributed by atoms with Gasteiger partial charge in [-0.2, -0.15) is 0 Å². The van der Waals surface area contributed by atoms with Gasteiger partial charge in [-0.1, -0.05) is 0 Å². The standard InChI is InChI=1S/C5H13NO4Si/c1-4(7)6(3)5(2)11(8,9)10/h5,8-10H,1-3H3. The van der Waals surface area contributed by atoms with Crippen molar-refractivity contribution in [2.75, 3.05) is 7.05 Å². The summed E-state index contributed by atoms with van der Waals surface area (Å²) in [4.78, 5) is 38.0. The van der Waals surface area contributed by atoms with Crippen molar-refractivity contribution >= 4 is 14.7 Å². The van der Waals surface area contributed by atoms with Crippen molar-refractivity contribution in [3.05, 3.63) is 0 Å². The minimum atomic E-state index is -4.18. The van der Waals surface area contributed by atoms with Gasteiger partial charge in [0.15, 0.2) is 0 Å². The molecule has 0 bridgehead atoms. The van der Waals surface area contributed by atoms with E-state index in [9.17, 15) is 4.79 Å². The van der Waals surface area contributed by atoms with Crippen molar-refractivity contribution in [2.45, 2.75) is 19.5 Å². The second kappa shape index (κ2) is 3.31. The molecule has 1 amide bonds. The summed E-state index contributed by atoms with van der Waals surface area (Å²) in [5, 5.41) is 0. The molecule has 0 aliphatic rings. The Morgan fingerprint density at radius 3 is 1.91 bits per heavy atom. The van der Waals surface area contributed by atoms with Gasteiger partial charge in [0.05, 0.1) is 5.67 Å². The van der Waals surface area contributed by atoms with Crippen LogP contribution < -0.4 is 0 Å². The predicted octanol–water partition coefficient (Wildman–Crippen LogP) is -1.69. The number of carbonyl (C=O) groups excluding carboxylic acids is 1. The molecule has 0 saturated heterocycles. The van der Waals surface area contributed by atoms with Crippen LogP contribution in [-0.4, -0.2) is 46.7 Å². The Bertz CT molecular complexity index is 155. The molecule has 6 heteroatoms. The smallest absolute Gasteiger partial charge is 0.389 e. The van der Waals surface area contributed by atoms with Crippen molar-refractivity contribution in [3.8, 4) is 0 Å². The molecule has 0 heterocycles. The van der Waals surface area contributed by atoms with E-state index in [1.165, 1.54) is 20.9 Å². The lowest BCUT2D eigenvalue weighted by Crippen LogP contribution is -2.56. The van der Waals surface area contributed by atoms with Crippen molar-refractivity contribution in [3.63, 3.8) is 0 Å². The monoisotopic (exact) mass is 179 g/mol. The number of rotatable bonds is 2. The lowest BCUT2D eigenvalue weighted by molar-refractivity contribution is -0.129. The normalized spacial score (nSPS) is 14.4. The van der Waals surface area contributed by atoms with Crippen LogP contribution in [0.2, 0.25) is 0 Å². The average molecular weight is 179 g/mol. The molecule has 11 heavy (non-hydrogen) atoms. The first-order chi connectivity index (χ1) is 4.76. The minimum absolute atomic E-state index is 0.313. The maximum absolute atomic E-state index is 10.6. The van der Waals surface area contributed by atoms with Gasteiger partial charge in [0.25, 0.3) is 0 Å². The Morgan fingerprint density at radius 1 is 1.45 bits per heavy atom. The van der Waals surface area contributed by atoms with Crippen molar-refractivity contribution < 1.29 is 19.2 Å². The first-order valence-electron chi connectivity index (χ1n) is 3.17. The van der Waals surface area contributed by atoms with E-state index < -0.39 is 14.5 Å². The Kier molecular flexibility index (Phi) is 3.18. The number of hydrogen-bond acceptors (Lipinski definition) is 4. The molecule has 0 aromatic rings. The molecule has 3 N–H and O–H groups in total. The van der Waals surface area contributed by atoms with Gasteiger partial charge in [0.2, 0.25) is 5.91 Å². The van der Waals surface area contributed by atoms with Crippen LogP contribution in [0.3, 0.4) is 0 Å². The third-order valence-electron chi connectivity index (χ3n) is 1.64. The van der Waals surface area contributed by atoms with Crippen LogP contribution in [0.5, 0.6) is 0 Å². The fourth-order valence-corrected chi connectivity index (χ4v) is 1.23. The summed E-state index contributed by atoms with van der Waals surface area (Å²) < 4.78 is 0. The van der Waals surface area contributed by atoms with Gasteiger partial charge in [0, 0.05) is 14.0 Å². The fourth-order valence-electron chi connectivity index (χ4n) is 0.533. The van der Waals surface area contributed by atoms with E-state index in [0.717, 1.165) is 4.90 Å². The summed E-state index contributed by atoms with van der Waals surface area (Å²) in [7, 11) is -2.78. The lowest BCUT2D eigenvalue weighted by atomic mass is 10.5. The summed E-state index contributed by atoms with van der Waals surface area (Å²) in [5.74, 6) is -0.313. The number of carbonyl (C=O) groups is 1. The molecule has 0 aromatic heterocycles. The zero-order valence-electron chi connectivity index (χ0n) is 6.77. The van der Waals surface area contributed by atoms with E-state index in [4.69, 9.17) is 14.4 Å². The Hall–Kier alpha value is -0.433. The summed E-state index contributed by atoms with van der Waals surface area (Å²) in [6.45, 7) is 2.67. The highest BCUT2D eigenvalue weighted by Gasteiger charge is 2.39. The van der Waals surface area contributed by atoms with E-state index in [2.05, 4.69) is 0 Å². The Balaban J connectivity index is 4.25. The average Bonchev–Trinajstić information content (AvgIpc) is 1.82. The summed E-state index contributed by atoms with van der Waals surface area (Å²) in [5.41, 5.74) is -0.903. The molecule has 0 rings (SSSR count). The first-order valence-corrected chi connectivity index (χ1v) is 5.09. The molecule has 0 radical (unpaired) electrons. The molecular weight excluding hydrogens is 166 g/mol. The molecule has 0 aromatic carbocycles. The second-order valence-corrected chi connectivity index (χ2v) is 4.70. The molecule has 0 aliphatic heterocycles. The third-order valence-corrected chi connectivity index (χ3v) is 3.15. The van der Waals surface area contributed by atoms with Gasteiger partial charge in [-0.05, 0) is 6.92 Å². The van der Waals surface area contributed by atoms with Crippen LogP contribution in [0, 0.1) is 0 Å². The topological polar surface area (TPSA) is 81.0 Å². The zero-order valence-corrected chi connectivity index (χ0v) is 7.77.